The van der Waals surface area contributed by atoms with Crippen molar-refractivity contribution in [2.24, 2.45) is 5.41 Å². The van der Waals surface area contributed by atoms with Crippen molar-refractivity contribution in [2.45, 2.75) is 38.0 Å². The normalized spacial score (nSPS) is 24.4. The third kappa shape index (κ3) is 5.17. The number of hydrogen-bond donors (Lipinski definition) is 1. The van der Waals surface area contributed by atoms with Gasteiger partial charge in [-0.2, -0.15) is 0 Å². The summed E-state index contributed by atoms with van der Waals surface area (Å²) < 4.78 is 33.5. The lowest BCUT2D eigenvalue weighted by atomic mass is 9.77. The quantitative estimate of drug-likeness (QED) is 0.746. The van der Waals surface area contributed by atoms with Gasteiger partial charge >= 0.3 is 0 Å². The molecule has 2 aliphatic rings. The molecule has 0 bridgehead atoms. The Hall–Kier alpha value is -2.22. The van der Waals surface area contributed by atoms with Gasteiger partial charge in [-0.1, -0.05) is 60.2 Å². The molecule has 2 saturated heterocycles. The number of nitrogens with zero attached hydrogens (tertiary/aromatic N) is 1. The lowest BCUT2D eigenvalue weighted by Gasteiger charge is -2.41. The van der Waals surface area contributed by atoms with Crippen LogP contribution in [0.15, 0.2) is 54.6 Å². The van der Waals surface area contributed by atoms with E-state index in [0.717, 1.165) is 16.7 Å². The number of carbonyl (C=O) groups is 1. The molecule has 1 amide bonds. The van der Waals surface area contributed by atoms with Crippen LogP contribution in [0, 0.1) is 12.3 Å². The van der Waals surface area contributed by atoms with Crippen molar-refractivity contribution in [2.75, 3.05) is 26.3 Å². The van der Waals surface area contributed by atoms with Gasteiger partial charge in [-0.3, -0.25) is 4.79 Å². The summed E-state index contributed by atoms with van der Waals surface area (Å²) in [6.07, 6.45) is 1.71. The van der Waals surface area contributed by atoms with Gasteiger partial charge in [-0.05, 0) is 30.9 Å². The highest BCUT2D eigenvalue weighted by molar-refractivity contribution is 7.88. The van der Waals surface area contributed by atoms with E-state index in [1.54, 1.807) is 4.31 Å². The van der Waals surface area contributed by atoms with Crippen LogP contribution in [0.25, 0.3) is 0 Å². The zero-order valence-electron chi connectivity index (χ0n) is 17.9. The van der Waals surface area contributed by atoms with E-state index in [1.165, 1.54) is 0 Å². The van der Waals surface area contributed by atoms with Gasteiger partial charge in [0.2, 0.25) is 15.9 Å². The number of rotatable bonds is 6. The fourth-order valence-corrected chi connectivity index (χ4v) is 6.24. The summed E-state index contributed by atoms with van der Waals surface area (Å²) >= 11 is 0. The Morgan fingerprint density at radius 3 is 2.61 bits per heavy atom. The second-order valence-electron chi connectivity index (χ2n) is 8.81. The van der Waals surface area contributed by atoms with E-state index in [0.29, 0.717) is 45.6 Å². The topological polar surface area (TPSA) is 75.7 Å². The number of sulfonamides is 1. The molecule has 31 heavy (non-hydrogen) atoms. The van der Waals surface area contributed by atoms with Gasteiger partial charge in [0.1, 0.15) is 0 Å². The summed E-state index contributed by atoms with van der Waals surface area (Å²) in [6, 6.07) is 17.2. The Balaban J connectivity index is 1.43. The van der Waals surface area contributed by atoms with Crippen LogP contribution in [0.3, 0.4) is 0 Å². The van der Waals surface area contributed by atoms with Crippen molar-refractivity contribution in [3.05, 3.63) is 71.3 Å². The Kier molecular flexibility index (Phi) is 6.46. The van der Waals surface area contributed by atoms with E-state index in [1.807, 2.05) is 61.5 Å². The molecular formula is C24H30N2O4S. The molecule has 1 spiro atoms. The number of hydrogen-bond acceptors (Lipinski definition) is 4. The maximum atomic E-state index is 13.1. The van der Waals surface area contributed by atoms with E-state index in [2.05, 4.69) is 5.32 Å². The summed E-state index contributed by atoms with van der Waals surface area (Å²) in [5.74, 6) is -0.0339. The van der Waals surface area contributed by atoms with Gasteiger partial charge in [-0.15, -0.1) is 0 Å². The summed E-state index contributed by atoms with van der Waals surface area (Å²) in [6.45, 7) is 3.88. The first-order valence-electron chi connectivity index (χ1n) is 10.8. The second-order valence-corrected chi connectivity index (χ2v) is 10.8. The Labute approximate surface area is 184 Å². The number of amides is 1. The molecule has 0 radical (unpaired) electrons. The molecule has 2 fully saturated rings. The summed E-state index contributed by atoms with van der Waals surface area (Å²) in [7, 11) is -3.44. The maximum absolute atomic E-state index is 13.1. The largest absolute Gasteiger partial charge is 0.381 e. The van der Waals surface area contributed by atoms with E-state index in [4.69, 9.17) is 4.74 Å². The summed E-state index contributed by atoms with van der Waals surface area (Å²) in [4.78, 5) is 12.7. The van der Waals surface area contributed by atoms with Crippen LogP contribution in [0.2, 0.25) is 0 Å². The first kappa shape index (κ1) is 22.0. The molecule has 6 nitrogen and oxygen atoms in total. The zero-order valence-corrected chi connectivity index (χ0v) is 18.7. The van der Waals surface area contributed by atoms with Crippen LogP contribution in [-0.4, -0.2) is 51.0 Å². The smallest absolute Gasteiger partial charge is 0.224 e. The van der Waals surface area contributed by atoms with Crippen LogP contribution in [-0.2, 0) is 31.7 Å². The summed E-state index contributed by atoms with van der Waals surface area (Å²) in [5, 5.41) is 3.19. The molecule has 2 atom stereocenters. The van der Waals surface area contributed by atoms with Crippen LogP contribution in [0.4, 0.5) is 0 Å². The fourth-order valence-electron chi connectivity index (χ4n) is 4.62. The maximum Gasteiger partial charge on any atom is 0.224 e. The number of aryl methyl sites for hydroxylation is 1. The number of nitrogens with one attached hydrogen (secondary N) is 1. The van der Waals surface area contributed by atoms with E-state index in [9.17, 15) is 13.2 Å². The molecule has 2 aromatic rings. The predicted molar refractivity (Wildman–Crippen MR) is 120 cm³/mol. The van der Waals surface area contributed by atoms with Gasteiger partial charge in [0.15, 0.2) is 0 Å². The molecule has 166 valence electrons. The lowest BCUT2D eigenvalue weighted by Crippen LogP contribution is -2.55. The van der Waals surface area contributed by atoms with Gasteiger partial charge in [-0.25, -0.2) is 12.7 Å². The van der Waals surface area contributed by atoms with Crippen molar-refractivity contribution in [3.63, 3.8) is 0 Å². The van der Waals surface area contributed by atoms with Gasteiger partial charge < -0.3 is 10.1 Å². The van der Waals surface area contributed by atoms with Crippen molar-refractivity contribution < 1.29 is 17.9 Å². The van der Waals surface area contributed by atoms with Gasteiger partial charge in [0, 0.05) is 31.2 Å². The average molecular weight is 443 g/mol. The molecular weight excluding hydrogens is 412 g/mol. The number of benzene rings is 2. The average Bonchev–Trinajstić information content (AvgIpc) is 3.18. The SMILES string of the molecule is Cc1ccc(CS(=O)(=O)N2CC[C@]3(COCC[C@@H]3NC(=O)Cc3ccccc3)C2)cc1. The summed E-state index contributed by atoms with van der Waals surface area (Å²) in [5.41, 5.74) is 2.49. The Morgan fingerprint density at radius 2 is 1.87 bits per heavy atom. The molecule has 4 rings (SSSR count). The Morgan fingerprint density at radius 1 is 1.13 bits per heavy atom. The first-order valence-corrected chi connectivity index (χ1v) is 12.4. The van der Waals surface area contributed by atoms with Crippen LogP contribution < -0.4 is 5.32 Å². The molecule has 1 N–H and O–H groups in total. The standard InChI is InChI=1S/C24H30N2O4S/c1-19-7-9-21(10-8-19)16-31(28,29)26-13-12-24(17-26)18-30-14-11-22(24)25-23(27)15-20-5-3-2-4-6-20/h2-10,22H,11-18H2,1H3,(H,25,27)/t22-,24+/m0/s1. The zero-order chi connectivity index (χ0) is 21.9. The van der Waals surface area contributed by atoms with Crippen LogP contribution >= 0.6 is 0 Å². The highest BCUT2D eigenvalue weighted by Gasteiger charge is 2.49. The van der Waals surface area contributed by atoms with Crippen LogP contribution in [0.1, 0.15) is 29.5 Å². The molecule has 2 heterocycles. The minimum absolute atomic E-state index is 0.00471. The first-order chi connectivity index (χ1) is 14.9. The van der Waals surface area contributed by atoms with Gasteiger partial charge in [0.05, 0.1) is 18.8 Å². The van der Waals surface area contributed by atoms with Crippen LogP contribution in [0.5, 0.6) is 0 Å². The molecule has 2 aromatic carbocycles. The van der Waals surface area contributed by atoms with E-state index < -0.39 is 10.0 Å². The molecule has 0 aliphatic carbocycles. The monoisotopic (exact) mass is 442 g/mol. The van der Waals surface area contributed by atoms with Gasteiger partial charge in [0.25, 0.3) is 0 Å². The fraction of sp³-hybridized carbons (Fsp3) is 0.458. The lowest BCUT2D eigenvalue weighted by molar-refractivity contribution is -0.124. The molecule has 2 aliphatic heterocycles. The predicted octanol–water partition coefficient (Wildman–Crippen LogP) is 2.66. The minimum Gasteiger partial charge on any atom is -0.381 e. The number of carbonyl (C=O) groups excluding carboxylic acids is 1. The highest BCUT2D eigenvalue weighted by Crippen LogP contribution is 2.40. The van der Waals surface area contributed by atoms with E-state index in [-0.39, 0.29) is 23.1 Å². The van der Waals surface area contributed by atoms with Crippen molar-refractivity contribution in [3.8, 4) is 0 Å². The highest BCUT2D eigenvalue weighted by atomic mass is 32.2. The van der Waals surface area contributed by atoms with E-state index >= 15 is 0 Å². The van der Waals surface area contributed by atoms with Crippen molar-refractivity contribution >= 4 is 15.9 Å². The Bertz CT molecular complexity index is 1010. The number of ether oxygens (including phenoxy) is 1. The minimum atomic E-state index is -3.44. The molecule has 0 saturated carbocycles. The third-order valence-corrected chi connectivity index (χ3v) is 8.23. The molecule has 7 heteroatoms. The van der Waals surface area contributed by atoms with Crippen molar-refractivity contribution in [1.29, 1.82) is 0 Å². The molecule has 0 aromatic heterocycles. The molecule has 0 unspecified atom stereocenters. The second kappa shape index (κ2) is 9.10. The van der Waals surface area contributed by atoms with Crippen molar-refractivity contribution in [1.82, 2.24) is 9.62 Å². The third-order valence-electron chi connectivity index (χ3n) is 6.44.